The monoisotopic (exact) mass is 475 g/mol. The van der Waals surface area contributed by atoms with E-state index in [1.54, 1.807) is 18.2 Å². The molecule has 35 heavy (non-hydrogen) atoms. The van der Waals surface area contributed by atoms with Crippen molar-refractivity contribution in [1.29, 1.82) is 0 Å². The zero-order chi connectivity index (χ0) is 25.5. The van der Waals surface area contributed by atoms with Crippen molar-refractivity contribution in [3.8, 4) is 5.75 Å². The van der Waals surface area contributed by atoms with Gasteiger partial charge >= 0.3 is 5.97 Å². The molecule has 0 aliphatic heterocycles. The van der Waals surface area contributed by atoms with E-state index in [0.717, 1.165) is 17.0 Å². The minimum atomic E-state index is -1.03. The fourth-order valence-corrected chi connectivity index (χ4v) is 3.65. The lowest BCUT2D eigenvalue weighted by molar-refractivity contribution is 0.0696. The molecule has 184 valence electrons. The van der Waals surface area contributed by atoms with Gasteiger partial charge < -0.3 is 20.1 Å². The summed E-state index contributed by atoms with van der Waals surface area (Å²) in [5.74, 6) is 0.586. The fraction of sp³-hybridized carbons (Fsp3) is 0.321. The predicted octanol–water partition coefficient (Wildman–Crippen LogP) is 6.35. The topological polar surface area (TPSA) is 91.8 Å². The molecule has 0 saturated heterocycles. The number of amides is 1. The van der Waals surface area contributed by atoms with Gasteiger partial charge in [0, 0.05) is 24.4 Å². The molecule has 2 aromatic carbocycles. The van der Waals surface area contributed by atoms with E-state index in [0.29, 0.717) is 36.1 Å². The second kappa shape index (κ2) is 11.5. The highest BCUT2D eigenvalue weighted by Crippen LogP contribution is 2.40. The molecule has 0 aliphatic rings. The number of aromatic carboxylic acids is 1. The van der Waals surface area contributed by atoms with Crippen LogP contribution in [-0.2, 0) is 0 Å². The Morgan fingerprint density at radius 1 is 1.03 bits per heavy atom. The lowest BCUT2D eigenvalue weighted by Gasteiger charge is -2.27. The quantitative estimate of drug-likeness (QED) is 0.355. The molecule has 3 rings (SSSR count). The summed E-state index contributed by atoms with van der Waals surface area (Å²) in [6, 6.07) is 16.1. The Kier molecular flexibility index (Phi) is 8.47. The first-order chi connectivity index (χ1) is 16.7. The van der Waals surface area contributed by atoms with Gasteiger partial charge in [-0.2, -0.15) is 0 Å². The Morgan fingerprint density at radius 3 is 2.29 bits per heavy atom. The van der Waals surface area contributed by atoms with Crippen molar-refractivity contribution in [3.05, 3.63) is 77.5 Å². The number of carboxylic acids is 1. The number of hydrogen-bond donors (Lipinski definition) is 2. The normalized spacial score (nSPS) is 10.9. The minimum absolute atomic E-state index is 0.110. The van der Waals surface area contributed by atoms with E-state index in [9.17, 15) is 14.7 Å². The fourth-order valence-electron chi connectivity index (χ4n) is 3.65. The Morgan fingerprint density at radius 2 is 1.74 bits per heavy atom. The summed E-state index contributed by atoms with van der Waals surface area (Å²) in [5, 5.41) is 12.3. The molecule has 1 heterocycles. The largest absolute Gasteiger partial charge is 0.493 e. The summed E-state index contributed by atoms with van der Waals surface area (Å²) in [6.07, 6.45) is 1.33. The van der Waals surface area contributed by atoms with E-state index in [2.05, 4.69) is 38.0 Å². The van der Waals surface area contributed by atoms with Gasteiger partial charge in [0.25, 0.3) is 5.91 Å². The smallest absolute Gasteiger partial charge is 0.337 e. The van der Waals surface area contributed by atoms with Crippen LogP contribution in [0.3, 0.4) is 0 Å². The number of carboxylic acid groups (broad SMARTS) is 1. The van der Waals surface area contributed by atoms with Gasteiger partial charge in [-0.25, -0.2) is 9.78 Å². The molecule has 0 fully saturated rings. The third-order valence-electron chi connectivity index (χ3n) is 5.48. The molecule has 1 aromatic heterocycles. The van der Waals surface area contributed by atoms with Crippen LogP contribution >= 0.6 is 0 Å². The highest BCUT2D eigenvalue weighted by atomic mass is 16.5. The van der Waals surface area contributed by atoms with E-state index >= 15 is 0 Å². The number of ether oxygens (including phenoxy) is 1. The molecule has 1 amide bonds. The second-order valence-corrected chi connectivity index (χ2v) is 9.04. The summed E-state index contributed by atoms with van der Waals surface area (Å²) >= 11 is 0. The number of carbonyl (C=O) groups excluding carboxylic acids is 1. The summed E-state index contributed by atoms with van der Waals surface area (Å²) in [5.41, 5.74) is 3.00. The number of benzene rings is 2. The van der Waals surface area contributed by atoms with Crippen molar-refractivity contribution in [2.75, 3.05) is 23.4 Å². The van der Waals surface area contributed by atoms with Gasteiger partial charge in [0.15, 0.2) is 0 Å². The summed E-state index contributed by atoms with van der Waals surface area (Å²) in [4.78, 5) is 30.7. The molecule has 7 nitrogen and oxygen atoms in total. The van der Waals surface area contributed by atoms with Gasteiger partial charge in [0.1, 0.15) is 11.6 Å². The van der Waals surface area contributed by atoms with Crippen LogP contribution in [0.15, 0.2) is 60.8 Å². The van der Waals surface area contributed by atoms with Crippen molar-refractivity contribution >= 4 is 29.1 Å². The van der Waals surface area contributed by atoms with Crippen LogP contribution in [0.1, 0.15) is 66.8 Å². The molecule has 0 bridgehead atoms. The number of aromatic nitrogens is 1. The summed E-state index contributed by atoms with van der Waals surface area (Å²) in [7, 11) is 0. The van der Waals surface area contributed by atoms with Crippen LogP contribution in [0, 0.1) is 5.92 Å². The number of hydrogen-bond acceptors (Lipinski definition) is 5. The third-order valence-corrected chi connectivity index (χ3v) is 5.48. The number of nitrogens with one attached hydrogen (secondary N) is 1. The lowest BCUT2D eigenvalue weighted by Crippen LogP contribution is -2.22. The second-order valence-electron chi connectivity index (χ2n) is 9.04. The standard InChI is InChI=1S/C28H33N3O4/c1-6-31(26-13-12-21(16-29-26)28(33)34)24-15-25(35-17-18(2)3)22(19(4)5)14-23(24)30-27(32)20-10-8-7-9-11-20/h7-16,18-19H,6,17H2,1-5H3,(H,30,32)(H,33,34). The van der Waals surface area contributed by atoms with Gasteiger partial charge in [-0.3, -0.25) is 4.79 Å². The van der Waals surface area contributed by atoms with Crippen LogP contribution in [0.5, 0.6) is 5.75 Å². The molecule has 0 unspecified atom stereocenters. The van der Waals surface area contributed by atoms with E-state index in [1.807, 2.05) is 42.2 Å². The highest BCUT2D eigenvalue weighted by Gasteiger charge is 2.21. The Hall–Kier alpha value is -3.87. The molecule has 0 spiro atoms. The van der Waals surface area contributed by atoms with Crippen LogP contribution in [0.4, 0.5) is 17.2 Å². The van der Waals surface area contributed by atoms with Gasteiger partial charge in [-0.1, -0.05) is 45.9 Å². The first kappa shape index (κ1) is 25.7. The molecule has 0 radical (unpaired) electrons. The molecule has 7 heteroatoms. The molecule has 2 N–H and O–H groups in total. The molecule has 0 atom stereocenters. The maximum atomic E-state index is 13.1. The van der Waals surface area contributed by atoms with E-state index in [4.69, 9.17) is 4.74 Å². The van der Waals surface area contributed by atoms with Crippen molar-refractivity contribution < 1.29 is 19.4 Å². The number of pyridine rings is 1. The zero-order valence-electron chi connectivity index (χ0n) is 20.9. The van der Waals surface area contributed by atoms with E-state index in [-0.39, 0.29) is 17.4 Å². The van der Waals surface area contributed by atoms with Crippen LogP contribution in [0.2, 0.25) is 0 Å². The van der Waals surface area contributed by atoms with Gasteiger partial charge in [0.2, 0.25) is 0 Å². The van der Waals surface area contributed by atoms with Crippen molar-refractivity contribution in [1.82, 2.24) is 4.98 Å². The van der Waals surface area contributed by atoms with Crippen LogP contribution < -0.4 is 15.0 Å². The Balaban J connectivity index is 2.12. The SMILES string of the molecule is CCN(c1ccc(C(=O)O)cn1)c1cc(OCC(C)C)c(C(C)C)cc1NC(=O)c1ccccc1. The summed E-state index contributed by atoms with van der Waals surface area (Å²) < 4.78 is 6.19. The number of nitrogens with zero attached hydrogens (tertiary/aromatic N) is 2. The number of rotatable bonds is 10. The predicted molar refractivity (Wildman–Crippen MR) is 139 cm³/mol. The lowest BCUT2D eigenvalue weighted by atomic mass is 9.99. The Bertz CT molecular complexity index is 1160. The number of carbonyl (C=O) groups is 2. The van der Waals surface area contributed by atoms with E-state index < -0.39 is 5.97 Å². The average Bonchev–Trinajstić information content (AvgIpc) is 2.84. The van der Waals surface area contributed by atoms with E-state index in [1.165, 1.54) is 12.3 Å². The molecule has 0 saturated carbocycles. The van der Waals surface area contributed by atoms with Crippen molar-refractivity contribution in [2.45, 2.75) is 40.5 Å². The first-order valence-electron chi connectivity index (χ1n) is 11.8. The Labute approximate surface area is 206 Å². The number of anilines is 3. The molecular weight excluding hydrogens is 442 g/mol. The van der Waals surface area contributed by atoms with Gasteiger partial charge in [-0.15, -0.1) is 0 Å². The first-order valence-corrected chi connectivity index (χ1v) is 11.8. The van der Waals surface area contributed by atoms with Crippen LogP contribution in [-0.4, -0.2) is 35.1 Å². The average molecular weight is 476 g/mol. The van der Waals surface area contributed by atoms with Gasteiger partial charge in [0.05, 0.1) is 23.5 Å². The van der Waals surface area contributed by atoms with Crippen molar-refractivity contribution in [3.63, 3.8) is 0 Å². The third kappa shape index (κ3) is 6.38. The maximum Gasteiger partial charge on any atom is 0.337 e. The molecule has 0 aliphatic carbocycles. The van der Waals surface area contributed by atoms with Crippen LogP contribution in [0.25, 0.3) is 0 Å². The maximum absolute atomic E-state index is 13.1. The van der Waals surface area contributed by atoms with Crippen molar-refractivity contribution in [2.24, 2.45) is 5.92 Å². The molecule has 3 aromatic rings. The molecular formula is C28H33N3O4. The minimum Gasteiger partial charge on any atom is -0.493 e. The summed E-state index contributed by atoms with van der Waals surface area (Å²) in [6.45, 7) is 11.4. The van der Waals surface area contributed by atoms with Gasteiger partial charge in [-0.05, 0) is 54.7 Å². The highest BCUT2D eigenvalue weighted by molar-refractivity contribution is 6.06. The zero-order valence-corrected chi connectivity index (χ0v) is 20.9.